The molecule has 2 aromatic carbocycles. The maximum Gasteiger partial charge on any atom is 0.335 e. The molecule has 0 saturated carbocycles. The minimum atomic E-state index is -0.904. The molecule has 0 aromatic heterocycles. The van der Waals surface area contributed by atoms with Crippen LogP contribution < -0.4 is 10.2 Å². The van der Waals surface area contributed by atoms with Crippen molar-refractivity contribution < 1.29 is 19.3 Å². The van der Waals surface area contributed by atoms with Crippen LogP contribution in [0.2, 0.25) is 5.02 Å². The molecule has 142 valence electrons. The number of halogens is 1. The second-order valence-corrected chi connectivity index (χ2v) is 6.67. The van der Waals surface area contributed by atoms with E-state index in [0.717, 1.165) is 28.2 Å². The number of nitrogens with one attached hydrogen (secondary N) is 1. The Morgan fingerprint density at radius 2 is 1.71 bits per heavy atom. The number of carbonyl (C=O) groups is 3. The lowest BCUT2D eigenvalue weighted by Crippen LogP contribution is -2.54. The summed E-state index contributed by atoms with van der Waals surface area (Å²) in [7, 11) is 0. The van der Waals surface area contributed by atoms with Crippen molar-refractivity contribution in [3.8, 4) is 0 Å². The molecular formula is C19H14ClN3O5. The van der Waals surface area contributed by atoms with Crippen LogP contribution >= 0.6 is 11.6 Å². The van der Waals surface area contributed by atoms with Gasteiger partial charge in [-0.3, -0.25) is 25.0 Å². The first-order valence-corrected chi connectivity index (χ1v) is 8.49. The quantitative estimate of drug-likeness (QED) is 0.367. The molecule has 3 rings (SSSR count). The Bertz CT molecular complexity index is 1060. The van der Waals surface area contributed by atoms with Crippen LogP contribution in [0.4, 0.5) is 16.2 Å². The zero-order valence-electron chi connectivity index (χ0n) is 14.9. The Hall–Kier alpha value is -3.52. The van der Waals surface area contributed by atoms with Gasteiger partial charge in [-0.1, -0.05) is 17.7 Å². The second kappa shape index (κ2) is 7.24. The molecular weight excluding hydrogens is 386 g/mol. The normalized spacial score (nSPS) is 15.8. The van der Waals surface area contributed by atoms with Gasteiger partial charge in [-0.05, 0) is 49.2 Å². The number of hydrogen-bond acceptors (Lipinski definition) is 5. The van der Waals surface area contributed by atoms with E-state index in [1.807, 2.05) is 19.9 Å². The minimum Gasteiger partial charge on any atom is -0.273 e. The summed E-state index contributed by atoms with van der Waals surface area (Å²) in [6.45, 7) is 3.63. The number of rotatable bonds is 3. The largest absolute Gasteiger partial charge is 0.335 e. The molecule has 1 aliphatic heterocycles. The summed E-state index contributed by atoms with van der Waals surface area (Å²) >= 11 is 6.05. The van der Waals surface area contributed by atoms with E-state index in [-0.39, 0.29) is 21.8 Å². The second-order valence-electron chi connectivity index (χ2n) is 6.27. The number of barbiturate groups is 1. The number of urea groups is 1. The Morgan fingerprint density at radius 1 is 1.07 bits per heavy atom. The van der Waals surface area contributed by atoms with Gasteiger partial charge in [-0.15, -0.1) is 0 Å². The molecule has 0 spiro atoms. The van der Waals surface area contributed by atoms with Crippen molar-refractivity contribution in [2.45, 2.75) is 13.8 Å². The fourth-order valence-electron chi connectivity index (χ4n) is 2.88. The topological polar surface area (TPSA) is 110 Å². The highest BCUT2D eigenvalue weighted by Gasteiger charge is 2.37. The Balaban J connectivity index is 2.09. The fraction of sp³-hybridized carbons (Fsp3) is 0.105. The summed E-state index contributed by atoms with van der Waals surface area (Å²) < 4.78 is 0. The van der Waals surface area contributed by atoms with E-state index >= 15 is 0 Å². The van der Waals surface area contributed by atoms with E-state index in [9.17, 15) is 24.5 Å². The van der Waals surface area contributed by atoms with Crippen LogP contribution in [0.15, 0.2) is 42.0 Å². The number of amides is 4. The van der Waals surface area contributed by atoms with Crippen LogP contribution in [-0.4, -0.2) is 22.8 Å². The van der Waals surface area contributed by atoms with Crippen molar-refractivity contribution in [1.29, 1.82) is 0 Å². The van der Waals surface area contributed by atoms with Crippen LogP contribution in [0.3, 0.4) is 0 Å². The maximum absolute atomic E-state index is 12.9. The Kier molecular flexibility index (Phi) is 4.98. The van der Waals surface area contributed by atoms with Crippen molar-refractivity contribution in [2.24, 2.45) is 0 Å². The molecule has 9 heteroatoms. The van der Waals surface area contributed by atoms with Gasteiger partial charge in [-0.25, -0.2) is 9.69 Å². The van der Waals surface area contributed by atoms with Gasteiger partial charge in [0.25, 0.3) is 17.5 Å². The maximum atomic E-state index is 12.9. The van der Waals surface area contributed by atoms with Crippen molar-refractivity contribution >= 4 is 46.9 Å². The standard InChI is InChI=1S/C19H14ClN3O5/c1-10-5-11(2)7-14(6-10)22-18(25)15(17(24)21-19(22)26)9-12-8-13(23(27)28)3-4-16(12)20/h3-9H,1-2H3,(H,21,24,26)/b15-9+. The lowest BCUT2D eigenvalue weighted by Gasteiger charge is -2.27. The van der Waals surface area contributed by atoms with Crippen LogP contribution in [-0.2, 0) is 9.59 Å². The fourth-order valence-corrected chi connectivity index (χ4v) is 3.05. The number of nitro groups is 1. The first kappa shape index (κ1) is 19.2. The number of nitrogens with zero attached hydrogens (tertiary/aromatic N) is 2. The lowest BCUT2D eigenvalue weighted by molar-refractivity contribution is -0.384. The summed E-state index contributed by atoms with van der Waals surface area (Å²) in [6.07, 6.45) is 1.13. The number of anilines is 1. The van der Waals surface area contributed by atoms with Crippen LogP contribution in [0.25, 0.3) is 6.08 Å². The van der Waals surface area contributed by atoms with E-state index in [2.05, 4.69) is 5.32 Å². The molecule has 1 N–H and O–H groups in total. The number of hydrogen-bond donors (Lipinski definition) is 1. The molecule has 1 fully saturated rings. The van der Waals surface area contributed by atoms with Crippen molar-refractivity contribution in [3.05, 3.63) is 73.8 Å². The third-order valence-electron chi connectivity index (χ3n) is 4.06. The molecule has 1 heterocycles. The van der Waals surface area contributed by atoms with Gasteiger partial charge in [-0.2, -0.15) is 0 Å². The molecule has 2 aromatic rings. The first-order chi connectivity index (χ1) is 13.2. The van der Waals surface area contributed by atoms with Crippen LogP contribution in [0.1, 0.15) is 16.7 Å². The van der Waals surface area contributed by atoms with Crippen molar-refractivity contribution in [3.63, 3.8) is 0 Å². The third-order valence-corrected chi connectivity index (χ3v) is 4.40. The number of nitro benzene ring substituents is 1. The number of aryl methyl sites for hydroxylation is 2. The van der Waals surface area contributed by atoms with Gasteiger partial charge >= 0.3 is 6.03 Å². The predicted octanol–water partition coefficient (Wildman–Crippen LogP) is 3.53. The summed E-state index contributed by atoms with van der Waals surface area (Å²) in [5, 5.41) is 13.2. The minimum absolute atomic E-state index is 0.115. The monoisotopic (exact) mass is 399 g/mol. The zero-order chi connectivity index (χ0) is 20.6. The van der Waals surface area contributed by atoms with Gasteiger partial charge in [0.05, 0.1) is 10.6 Å². The van der Waals surface area contributed by atoms with Gasteiger partial charge in [0.2, 0.25) is 0 Å². The van der Waals surface area contributed by atoms with Gasteiger partial charge < -0.3 is 0 Å². The van der Waals surface area contributed by atoms with E-state index in [4.69, 9.17) is 11.6 Å². The zero-order valence-corrected chi connectivity index (χ0v) is 15.6. The summed E-state index contributed by atoms with van der Waals surface area (Å²) in [5.41, 5.74) is 1.48. The molecule has 0 bridgehead atoms. The van der Waals surface area contributed by atoms with Crippen molar-refractivity contribution in [2.75, 3.05) is 4.90 Å². The highest BCUT2D eigenvalue weighted by molar-refractivity contribution is 6.40. The number of benzene rings is 2. The van der Waals surface area contributed by atoms with E-state index in [0.29, 0.717) is 5.69 Å². The highest BCUT2D eigenvalue weighted by Crippen LogP contribution is 2.27. The number of non-ortho nitro benzene ring substituents is 1. The predicted molar refractivity (Wildman–Crippen MR) is 103 cm³/mol. The lowest BCUT2D eigenvalue weighted by atomic mass is 10.0. The van der Waals surface area contributed by atoms with E-state index in [1.54, 1.807) is 12.1 Å². The molecule has 28 heavy (non-hydrogen) atoms. The van der Waals surface area contributed by atoms with E-state index in [1.165, 1.54) is 12.1 Å². The van der Waals surface area contributed by atoms with Crippen LogP contribution in [0, 0.1) is 24.0 Å². The number of carbonyl (C=O) groups excluding carboxylic acids is 3. The Labute approximate surface area is 164 Å². The van der Waals surface area contributed by atoms with Crippen molar-refractivity contribution in [1.82, 2.24) is 5.32 Å². The molecule has 0 aliphatic carbocycles. The van der Waals surface area contributed by atoms with E-state index < -0.39 is 22.8 Å². The molecule has 0 unspecified atom stereocenters. The van der Waals surface area contributed by atoms with Gasteiger partial charge in [0.1, 0.15) is 5.57 Å². The smallest absolute Gasteiger partial charge is 0.273 e. The molecule has 1 saturated heterocycles. The summed E-state index contributed by atoms with van der Waals surface area (Å²) in [6, 6.07) is 7.93. The van der Waals surface area contributed by atoms with Gasteiger partial charge in [0.15, 0.2) is 0 Å². The van der Waals surface area contributed by atoms with Gasteiger partial charge in [0, 0.05) is 22.7 Å². The number of imide groups is 2. The third kappa shape index (κ3) is 3.63. The molecule has 4 amide bonds. The average molecular weight is 400 g/mol. The molecule has 0 atom stereocenters. The SMILES string of the molecule is Cc1cc(C)cc(N2C(=O)NC(=O)/C(=C\c3cc([N+](=O)[O-])ccc3Cl)C2=O)c1. The molecule has 8 nitrogen and oxygen atoms in total. The summed E-state index contributed by atoms with van der Waals surface area (Å²) in [5.74, 6) is -1.75. The highest BCUT2D eigenvalue weighted by atomic mass is 35.5. The van der Waals surface area contributed by atoms with Crippen LogP contribution in [0.5, 0.6) is 0 Å². The Morgan fingerprint density at radius 3 is 2.32 bits per heavy atom. The average Bonchev–Trinajstić information content (AvgIpc) is 2.58. The molecule has 1 aliphatic rings. The summed E-state index contributed by atoms with van der Waals surface area (Å²) in [4.78, 5) is 48.6. The molecule has 0 radical (unpaired) electrons. The first-order valence-electron chi connectivity index (χ1n) is 8.11.